The highest BCUT2D eigenvalue weighted by molar-refractivity contribution is 6.00. The van der Waals surface area contributed by atoms with Gasteiger partial charge in [-0.3, -0.25) is 9.59 Å². The van der Waals surface area contributed by atoms with E-state index in [1.165, 1.54) is 6.07 Å². The lowest BCUT2D eigenvalue weighted by Gasteiger charge is -2.26. The highest BCUT2D eigenvalue weighted by Crippen LogP contribution is 2.45. The Labute approximate surface area is 215 Å². The molecule has 0 saturated carbocycles. The summed E-state index contributed by atoms with van der Waals surface area (Å²) in [6, 6.07) is 2.55. The smallest absolute Gasteiger partial charge is 0.309 e. The van der Waals surface area contributed by atoms with Crippen LogP contribution in [-0.2, 0) is 28.3 Å². The Kier molecular flexibility index (Phi) is 5.41. The largest absolute Gasteiger partial charge is 0.460 e. The highest BCUT2D eigenvalue weighted by Gasteiger charge is 2.40. The Morgan fingerprint density at radius 2 is 1.64 bits per heavy atom. The fourth-order valence-corrected chi connectivity index (χ4v) is 5.40. The zero-order valence-electron chi connectivity index (χ0n) is 20.0. The first-order valence-corrected chi connectivity index (χ1v) is 11.8. The minimum Gasteiger partial charge on any atom is -0.460 e. The summed E-state index contributed by atoms with van der Waals surface area (Å²) >= 11 is 0. The molecule has 4 aromatic rings. The van der Waals surface area contributed by atoms with Crippen LogP contribution < -0.4 is 5.56 Å². The summed E-state index contributed by atoms with van der Waals surface area (Å²) in [5.41, 5.74) is -5.18. The Morgan fingerprint density at radius 1 is 0.949 bits per heavy atom. The maximum absolute atomic E-state index is 15.1. The molecule has 2 aliphatic heterocycles. The van der Waals surface area contributed by atoms with Crippen LogP contribution >= 0.6 is 0 Å². The molecule has 0 radical (unpaired) electrons. The number of ether oxygens (including phenoxy) is 1. The second-order valence-electron chi connectivity index (χ2n) is 9.47. The third kappa shape index (κ3) is 3.50. The lowest BCUT2D eigenvalue weighted by molar-refractivity contribution is -0.149. The molecular formula is C27H16F6N2O4. The van der Waals surface area contributed by atoms with Crippen molar-refractivity contribution in [3.05, 3.63) is 86.2 Å². The van der Waals surface area contributed by atoms with Gasteiger partial charge in [0.05, 0.1) is 41.0 Å². The molecule has 0 spiro atoms. The minimum atomic E-state index is -1.82. The zero-order chi connectivity index (χ0) is 28.0. The molecule has 0 saturated heterocycles. The fourth-order valence-electron chi connectivity index (χ4n) is 5.40. The first-order valence-electron chi connectivity index (χ1n) is 11.8. The lowest BCUT2D eigenvalue weighted by Crippen LogP contribution is -2.32. The van der Waals surface area contributed by atoms with Gasteiger partial charge in [0.1, 0.15) is 23.8 Å². The third-order valence-corrected chi connectivity index (χ3v) is 7.33. The first kappa shape index (κ1) is 25.1. The molecule has 0 aliphatic carbocycles. The average molecular weight is 546 g/mol. The number of aliphatic hydroxyl groups is 1. The van der Waals surface area contributed by atoms with Crippen molar-refractivity contribution in [1.29, 1.82) is 0 Å². The second-order valence-corrected chi connectivity index (χ2v) is 9.47. The predicted octanol–water partition coefficient (Wildman–Crippen LogP) is 4.97. The normalized spacial score (nSPS) is 18.0. The third-order valence-electron chi connectivity index (χ3n) is 7.33. The van der Waals surface area contributed by atoms with Crippen LogP contribution in [0, 0.1) is 34.9 Å². The van der Waals surface area contributed by atoms with Gasteiger partial charge in [-0.05, 0) is 18.1 Å². The number of carbonyl (C=O) groups is 1. The van der Waals surface area contributed by atoms with Crippen molar-refractivity contribution in [2.24, 2.45) is 0 Å². The second kappa shape index (κ2) is 8.40. The van der Waals surface area contributed by atoms with Crippen molar-refractivity contribution < 1.29 is 41.0 Å². The van der Waals surface area contributed by atoms with E-state index in [0.29, 0.717) is 6.07 Å². The van der Waals surface area contributed by atoms with Gasteiger partial charge in [-0.25, -0.2) is 31.3 Å². The number of hydrogen-bond acceptors (Lipinski definition) is 5. The molecule has 2 aromatic heterocycles. The van der Waals surface area contributed by atoms with Gasteiger partial charge in [-0.1, -0.05) is 6.92 Å². The van der Waals surface area contributed by atoms with E-state index in [4.69, 9.17) is 4.74 Å². The number of cyclic esters (lactones) is 1. The summed E-state index contributed by atoms with van der Waals surface area (Å²) in [4.78, 5) is 29.9. The van der Waals surface area contributed by atoms with Gasteiger partial charge in [-0.2, -0.15) is 0 Å². The maximum Gasteiger partial charge on any atom is 0.309 e. The van der Waals surface area contributed by atoms with Gasteiger partial charge >= 0.3 is 5.97 Å². The van der Waals surface area contributed by atoms with E-state index in [1.807, 2.05) is 0 Å². The summed E-state index contributed by atoms with van der Waals surface area (Å²) in [7, 11) is 0. The van der Waals surface area contributed by atoms with Crippen LogP contribution in [0.1, 0.15) is 36.5 Å². The summed E-state index contributed by atoms with van der Waals surface area (Å²) < 4.78 is 94.2. The van der Waals surface area contributed by atoms with Crippen molar-refractivity contribution in [3.8, 4) is 22.5 Å². The highest BCUT2D eigenvalue weighted by atomic mass is 19.2. The number of rotatable bonds is 2. The molecule has 0 bridgehead atoms. The Balaban J connectivity index is 1.75. The van der Waals surface area contributed by atoms with Crippen molar-refractivity contribution in [2.45, 2.75) is 38.5 Å². The summed E-state index contributed by atoms with van der Waals surface area (Å²) in [6.45, 7) is 0.647. The van der Waals surface area contributed by atoms with E-state index in [9.17, 15) is 27.9 Å². The molecule has 2 aromatic carbocycles. The Hall–Kier alpha value is -4.19. The molecule has 0 unspecified atom stereocenters. The lowest BCUT2D eigenvalue weighted by atomic mass is 9.85. The number of pyridine rings is 2. The van der Waals surface area contributed by atoms with Crippen molar-refractivity contribution >= 4 is 16.9 Å². The van der Waals surface area contributed by atoms with Gasteiger partial charge in [0.2, 0.25) is 0 Å². The number of fused-ring (bicyclic) bond motifs is 5. The van der Waals surface area contributed by atoms with Gasteiger partial charge in [0.25, 0.3) is 5.56 Å². The molecule has 4 heterocycles. The number of esters is 1. The topological polar surface area (TPSA) is 81.4 Å². The van der Waals surface area contributed by atoms with Crippen LogP contribution in [0.4, 0.5) is 26.3 Å². The summed E-state index contributed by atoms with van der Waals surface area (Å²) in [5.74, 6) is -10.3. The molecule has 6 rings (SSSR count). The van der Waals surface area contributed by atoms with Gasteiger partial charge < -0.3 is 14.4 Å². The SMILES string of the molecule is CC[C@@]1(O)CC(=O)OCc2c1cc1n(c2=O)Cc2c-1nc1cc(F)cc(F)c1c2-c1c(F)c(F)cc(F)c1F. The van der Waals surface area contributed by atoms with Crippen LogP contribution in [0.25, 0.3) is 33.4 Å². The number of benzene rings is 2. The number of carbonyl (C=O) groups excluding carboxylic acids is 1. The van der Waals surface area contributed by atoms with Crippen molar-refractivity contribution in [2.75, 3.05) is 0 Å². The zero-order valence-corrected chi connectivity index (χ0v) is 20.0. The van der Waals surface area contributed by atoms with Gasteiger partial charge in [0.15, 0.2) is 23.3 Å². The van der Waals surface area contributed by atoms with Crippen LogP contribution in [0.2, 0.25) is 0 Å². The number of aromatic nitrogens is 2. The van der Waals surface area contributed by atoms with Crippen LogP contribution in [0.3, 0.4) is 0 Å². The van der Waals surface area contributed by atoms with E-state index in [-0.39, 0.29) is 40.6 Å². The predicted molar refractivity (Wildman–Crippen MR) is 124 cm³/mol. The summed E-state index contributed by atoms with van der Waals surface area (Å²) in [6.07, 6.45) is -0.450. The van der Waals surface area contributed by atoms with Crippen molar-refractivity contribution in [1.82, 2.24) is 9.55 Å². The van der Waals surface area contributed by atoms with Gasteiger partial charge in [-0.15, -0.1) is 0 Å². The molecule has 2 aliphatic rings. The van der Waals surface area contributed by atoms with Crippen LogP contribution in [0.15, 0.2) is 29.1 Å². The number of halogens is 6. The molecule has 1 N–H and O–H groups in total. The van der Waals surface area contributed by atoms with E-state index in [0.717, 1.165) is 10.6 Å². The van der Waals surface area contributed by atoms with Gasteiger partial charge in [0, 0.05) is 34.7 Å². The van der Waals surface area contributed by atoms with E-state index < -0.39 is 93.6 Å². The number of hydrogen-bond donors (Lipinski definition) is 1. The Bertz CT molecular complexity index is 1810. The van der Waals surface area contributed by atoms with Crippen molar-refractivity contribution in [3.63, 3.8) is 0 Å². The number of nitrogens with zero attached hydrogens (tertiary/aromatic N) is 2. The molecule has 6 nitrogen and oxygen atoms in total. The molecule has 200 valence electrons. The quantitative estimate of drug-likeness (QED) is 0.192. The Morgan fingerprint density at radius 3 is 2.31 bits per heavy atom. The average Bonchev–Trinajstić information content (AvgIpc) is 3.18. The van der Waals surface area contributed by atoms with E-state index in [1.54, 1.807) is 6.92 Å². The molecule has 1 atom stereocenters. The van der Waals surface area contributed by atoms with E-state index >= 15 is 13.2 Å². The standard InChI is InChI=1S/C27H16F6N2O4/c1-2-27(38)7-19(36)39-9-12-13(27)5-18-25-11(8-35(18)26(12)37)20(21-14(29)3-10(28)4-17(21)34-25)22-23(32)15(30)6-16(31)24(22)33/h3-6,38H,2,7-9H2,1H3/t27-/m1/s1. The molecule has 39 heavy (non-hydrogen) atoms. The molecule has 0 amide bonds. The minimum absolute atomic E-state index is 0.000449. The van der Waals surface area contributed by atoms with E-state index in [2.05, 4.69) is 4.98 Å². The summed E-state index contributed by atoms with van der Waals surface area (Å²) in [5, 5.41) is 10.6. The monoisotopic (exact) mass is 546 g/mol. The molecular weight excluding hydrogens is 530 g/mol. The fraction of sp³-hybridized carbons (Fsp3) is 0.222. The molecule has 12 heteroatoms. The maximum atomic E-state index is 15.1. The van der Waals surface area contributed by atoms with Crippen LogP contribution in [-0.4, -0.2) is 20.6 Å². The van der Waals surface area contributed by atoms with Crippen LogP contribution in [0.5, 0.6) is 0 Å². The first-order chi connectivity index (χ1) is 18.4. The molecule has 0 fully saturated rings.